The van der Waals surface area contributed by atoms with Crippen molar-refractivity contribution in [2.75, 3.05) is 5.32 Å². The van der Waals surface area contributed by atoms with Crippen molar-refractivity contribution in [3.8, 4) is 16.2 Å². The summed E-state index contributed by atoms with van der Waals surface area (Å²) in [6, 6.07) is 19.4. The number of hydrogen-bond acceptors (Lipinski definition) is 4. The molecule has 0 saturated heterocycles. The number of nitrogens with one attached hydrogen (secondary N) is 1. The maximum atomic E-state index is 12.8. The van der Waals surface area contributed by atoms with Crippen LogP contribution in [0.25, 0.3) is 21.2 Å². The molecule has 5 nitrogen and oxygen atoms in total. The molecule has 0 aliphatic carbocycles. The fraction of sp³-hybridized carbons (Fsp3) is 0.120. The van der Waals surface area contributed by atoms with Crippen LogP contribution < -0.4 is 10.1 Å². The van der Waals surface area contributed by atoms with Crippen molar-refractivity contribution >= 4 is 39.7 Å². The monoisotopic (exact) mass is 429 g/mol. The maximum Gasteiger partial charge on any atom is 0.339 e. The Morgan fingerprint density at radius 1 is 1.03 bits per heavy atom. The zero-order valence-electron chi connectivity index (χ0n) is 16.7. The average Bonchev–Trinajstić information content (AvgIpc) is 3.38. The fourth-order valence-electron chi connectivity index (χ4n) is 4.05. The molecule has 3 aromatic carbocycles. The van der Waals surface area contributed by atoms with E-state index in [1.54, 1.807) is 5.38 Å². The summed E-state index contributed by atoms with van der Waals surface area (Å²) in [4.78, 5) is 25.6. The lowest BCUT2D eigenvalue weighted by atomic mass is 9.97. The molecular weight excluding hydrogens is 410 g/mol. The van der Waals surface area contributed by atoms with Crippen molar-refractivity contribution in [1.29, 1.82) is 0 Å². The van der Waals surface area contributed by atoms with Crippen molar-refractivity contribution in [2.45, 2.75) is 19.4 Å². The van der Waals surface area contributed by atoms with Crippen LogP contribution in [0.3, 0.4) is 0 Å². The number of rotatable bonds is 4. The SMILES string of the molecule is Cc1ccc(-c2scc(NC(=O)C3Cc4ccccc4O3)c2C(=O)O)c2ccccc12. The van der Waals surface area contributed by atoms with Crippen LogP contribution in [0.1, 0.15) is 21.5 Å². The number of anilines is 1. The van der Waals surface area contributed by atoms with Gasteiger partial charge in [0.1, 0.15) is 11.3 Å². The van der Waals surface area contributed by atoms with Crippen molar-refractivity contribution in [3.05, 3.63) is 82.7 Å². The largest absolute Gasteiger partial charge is 0.480 e. The highest BCUT2D eigenvalue weighted by Gasteiger charge is 2.30. The van der Waals surface area contributed by atoms with Gasteiger partial charge in [-0.2, -0.15) is 0 Å². The summed E-state index contributed by atoms with van der Waals surface area (Å²) in [7, 11) is 0. The van der Waals surface area contributed by atoms with Crippen molar-refractivity contribution < 1.29 is 19.4 Å². The van der Waals surface area contributed by atoms with E-state index in [-0.39, 0.29) is 11.5 Å². The third-order valence-electron chi connectivity index (χ3n) is 5.59. The van der Waals surface area contributed by atoms with Gasteiger partial charge in [-0.05, 0) is 34.9 Å². The molecular formula is C25H19NO4S. The predicted octanol–water partition coefficient (Wildman–Crippen LogP) is 5.52. The van der Waals surface area contributed by atoms with E-state index >= 15 is 0 Å². The number of benzene rings is 3. The zero-order chi connectivity index (χ0) is 21.5. The molecule has 1 unspecified atom stereocenters. The normalized spacial score (nSPS) is 14.8. The summed E-state index contributed by atoms with van der Waals surface area (Å²) in [6.07, 6.45) is -0.216. The minimum Gasteiger partial charge on any atom is -0.480 e. The standard InChI is InChI=1S/C25H19NO4S/c1-14-10-11-18(17-8-4-3-7-16(14)17)23-22(25(28)29)19(13-31-23)26-24(27)21-12-15-6-2-5-9-20(15)30-21/h2-11,13,21H,12H2,1H3,(H,26,27)(H,28,29). The molecule has 0 spiro atoms. The van der Waals surface area contributed by atoms with Gasteiger partial charge in [0.15, 0.2) is 6.10 Å². The molecule has 31 heavy (non-hydrogen) atoms. The number of carboxylic acid groups (broad SMARTS) is 1. The Morgan fingerprint density at radius 3 is 2.55 bits per heavy atom. The van der Waals surface area contributed by atoms with Gasteiger partial charge in [0, 0.05) is 17.4 Å². The van der Waals surface area contributed by atoms with Crippen LogP contribution in [0, 0.1) is 6.92 Å². The molecule has 0 saturated carbocycles. The van der Waals surface area contributed by atoms with Crippen LogP contribution >= 0.6 is 11.3 Å². The molecule has 6 heteroatoms. The van der Waals surface area contributed by atoms with Crippen LogP contribution in [0.2, 0.25) is 0 Å². The van der Waals surface area contributed by atoms with Crippen LogP contribution in [-0.2, 0) is 11.2 Å². The molecule has 1 atom stereocenters. The first-order chi connectivity index (χ1) is 15.0. The third kappa shape index (κ3) is 3.35. The van der Waals surface area contributed by atoms with Gasteiger partial charge in [0.05, 0.1) is 10.6 Å². The maximum absolute atomic E-state index is 12.8. The van der Waals surface area contributed by atoms with Gasteiger partial charge in [-0.1, -0.05) is 54.6 Å². The zero-order valence-corrected chi connectivity index (χ0v) is 17.5. The lowest BCUT2D eigenvalue weighted by Crippen LogP contribution is -2.31. The van der Waals surface area contributed by atoms with E-state index in [0.717, 1.165) is 27.5 Å². The smallest absolute Gasteiger partial charge is 0.339 e. The Kier molecular flexibility index (Phi) is 4.71. The van der Waals surface area contributed by atoms with Crippen molar-refractivity contribution in [3.63, 3.8) is 0 Å². The molecule has 154 valence electrons. The van der Waals surface area contributed by atoms with Crippen LogP contribution in [-0.4, -0.2) is 23.1 Å². The highest BCUT2D eigenvalue weighted by Crippen LogP contribution is 2.40. The number of para-hydroxylation sites is 1. The van der Waals surface area contributed by atoms with Gasteiger partial charge in [0.2, 0.25) is 0 Å². The number of hydrogen-bond donors (Lipinski definition) is 2. The second-order valence-corrected chi connectivity index (χ2v) is 8.42. The second-order valence-electron chi connectivity index (χ2n) is 7.54. The molecule has 2 heterocycles. The van der Waals surface area contributed by atoms with E-state index in [1.807, 2.05) is 67.6 Å². The van der Waals surface area contributed by atoms with Crippen LogP contribution in [0.4, 0.5) is 5.69 Å². The molecule has 0 fully saturated rings. The first-order valence-corrected chi connectivity index (χ1v) is 10.8. The Balaban J connectivity index is 1.50. The summed E-state index contributed by atoms with van der Waals surface area (Å²) in [5.74, 6) is -0.734. The fourth-order valence-corrected chi connectivity index (χ4v) is 5.08. The van der Waals surface area contributed by atoms with E-state index in [4.69, 9.17) is 4.74 Å². The highest BCUT2D eigenvalue weighted by atomic mass is 32.1. The van der Waals surface area contributed by atoms with Gasteiger partial charge in [-0.15, -0.1) is 11.3 Å². The van der Waals surface area contributed by atoms with Gasteiger partial charge in [-0.3, -0.25) is 4.79 Å². The molecule has 4 aromatic rings. The number of amides is 1. The summed E-state index contributed by atoms with van der Waals surface area (Å²) >= 11 is 1.31. The summed E-state index contributed by atoms with van der Waals surface area (Å²) < 4.78 is 5.75. The molecule has 2 N–H and O–H groups in total. The number of aromatic carboxylic acids is 1. The number of carbonyl (C=O) groups is 2. The molecule has 1 aliphatic heterocycles. The van der Waals surface area contributed by atoms with E-state index in [9.17, 15) is 14.7 Å². The first kappa shape index (κ1) is 19.3. The van der Waals surface area contributed by atoms with Gasteiger partial charge >= 0.3 is 5.97 Å². The summed E-state index contributed by atoms with van der Waals surface area (Å²) in [5, 5.41) is 16.5. The van der Waals surface area contributed by atoms with Crippen molar-refractivity contribution in [2.24, 2.45) is 0 Å². The summed E-state index contributed by atoms with van der Waals surface area (Å²) in [5.41, 5.74) is 3.33. The molecule has 5 rings (SSSR count). The van der Waals surface area contributed by atoms with Gasteiger partial charge < -0.3 is 15.2 Å². The first-order valence-electron chi connectivity index (χ1n) is 9.92. The second kappa shape index (κ2) is 7.56. The van der Waals surface area contributed by atoms with Crippen LogP contribution in [0.15, 0.2) is 66.0 Å². The number of fused-ring (bicyclic) bond motifs is 2. The summed E-state index contributed by atoms with van der Waals surface area (Å²) in [6.45, 7) is 2.03. The Morgan fingerprint density at radius 2 is 1.77 bits per heavy atom. The number of carbonyl (C=O) groups excluding carboxylic acids is 1. The lowest BCUT2D eigenvalue weighted by Gasteiger charge is -2.12. The van der Waals surface area contributed by atoms with Gasteiger partial charge in [0.25, 0.3) is 5.91 Å². The quantitative estimate of drug-likeness (QED) is 0.448. The molecule has 1 aliphatic rings. The topological polar surface area (TPSA) is 75.6 Å². The highest BCUT2D eigenvalue weighted by molar-refractivity contribution is 7.14. The van der Waals surface area contributed by atoms with E-state index < -0.39 is 12.1 Å². The lowest BCUT2D eigenvalue weighted by molar-refractivity contribution is -0.122. The minimum atomic E-state index is -1.08. The molecule has 1 amide bonds. The van der Waals surface area contributed by atoms with E-state index in [2.05, 4.69) is 5.32 Å². The molecule has 0 radical (unpaired) electrons. The number of ether oxygens (including phenoxy) is 1. The van der Waals surface area contributed by atoms with Crippen LogP contribution in [0.5, 0.6) is 5.75 Å². The van der Waals surface area contributed by atoms with E-state index in [1.165, 1.54) is 11.3 Å². The molecule has 0 bridgehead atoms. The third-order valence-corrected chi connectivity index (χ3v) is 6.60. The Hall–Kier alpha value is -3.64. The Bertz CT molecular complexity index is 1320. The number of carboxylic acids is 1. The minimum absolute atomic E-state index is 0.0999. The average molecular weight is 429 g/mol. The molecule has 1 aromatic heterocycles. The van der Waals surface area contributed by atoms with Crippen molar-refractivity contribution in [1.82, 2.24) is 0 Å². The number of aryl methyl sites for hydroxylation is 1. The van der Waals surface area contributed by atoms with E-state index in [0.29, 0.717) is 22.7 Å². The number of thiophene rings is 1. The predicted molar refractivity (Wildman–Crippen MR) is 122 cm³/mol. The van der Waals surface area contributed by atoms with Gasteiger partial charge in [-0.25, -0.2) is 4.79 Å². The Labute approximate surface area is 182 Å².